The Hall–Kier alpha value is -3.34. The van der Waals surface area contributed by atoms with E-state index in [1.807, 2.05) is 12.1 Å². The minimum Gasteiger partial charge on any atom is -0.443 e. The Morgan fingerprint density at radius 1 is 1.22 bits per heavy atom. The van der Waals surface area contributed by atoms with Gasteiger partial charge in [0.05, 0.1) is 36.3 Å². The summed E-state index contributed by atoms with van der Waals surface area (Å²) < 4.78 is 24.0. The highest BCUT2D eigenvalue weighted by molar-refractivity contribution is 6.01. The number of hydrogen-bond acceptors (Lipinski definition) is 8. The van der Waals surface area contributed by atoms with Gasteiger partial charge in [0, 0.05) is 51.3 Å². The van der Waals surface area contributed by atoms with E-state index < -0.39 is 17.3 Å². The van der Waals surface area contributed by atoms with Crippen LogP contribution in [0.4, 0.5) is 10.6 Å². The molecule has 1 aliphatic heterocycles. The molecule has 3 aromatic heterocycles. The van der Waals surface area contributed by atoms with Crippen LogP contribution in [0.25, 0.3) is 22.2 Å². The van der Waals surface area contributed by atoms with Gasteiger partial charge in [0.2, 0.25) is 5.91 Å². The quantitative estimate of drug-likeness (QED) is 0.539. The normalized spacial score (nSPS) is 17.9. The van der Waals surface area contributed by atoms with Crippen LogP contribution in [0.5, 0.6) is 0 Å². The third-order valence-electron chi connectivity index (χ3n) is 5.90. The molecule has 1 saturated heterocycles. The van der Waals surface area contributed by atoms with Gasteiger partial charge in [-0.15, -0.1) is 0 Å². The maximum atomic E-state index is 13.1. The molecular formula is C26H32N4O6. The standard InChI is InChI=1S/C26H32N4O6/c1-16(31)28-23-11-18-19(13-30(21(18)12-27-23)24(32)36-25(2,3)4)20-9-17(14-33-5)10-22(29-20)26(34-6)7-8-35-15-26/h9-13H,7-8,14-15H2,1-6H3,(H,27,28,31)/t26-/m0/s1. The number of carbonyl (C=O) groups excluding carboxylic acids is 2. The molecular weight excluding hydrogens is 464 g/mol. The van der Waals surface area contributed by atoms with E-state index in [-0.39, 0.29) is 5.91 Å². The van der Waals surface area contributed by atoms with E-state index in [9.17, 15) is 9.59 Å². The van der Waals surface area contributed by atoms with Gasteiger partial charge in [-0.1, -0.05) is 0 Å². The van der Waals surface area contributed by atoms with Crippen molar-refractivity contribution in [3.8, 4) is 11.3 Å². The molecule has 36 heavy (non-hydrogen) atoms. The first kappa shape index (κ1) is 25.7. The lowest BCUT2D eigenvalue weighted by Crippen LogP contribution is -2.30. The summed E-state index contributed by atoms with van der Waals surface area (Å²) in [6, 6.07) is 5.60. The molecule has 1 atom stereocenters. The number of ether oxygens (including phenoxy) is 4. The van der Waals surface area contributed by atoms with Crippen LogP contribution in [-0.2, 0) is 35.9 Å². The molecule has 1 N–H and O–H groups in total. The molecule has 0 unspecified atom stereocenters. The Morgan fingerprint density at radius 2 is 2.00 bits per heavy atom. The molecule has 4 heterocycles. The molecule has 4 rings (SSSR count). The predicted molar refractivity (Wildman–Crippen MR) is 134 cm³/mol. The smallest absolute Gasteiger partial charge is 0.419 e. The average molecular weight is 497 g/mol. The summed E-state index contributed by atoms with van der Waals surface area (Å²) in [5.74, 6) is 0.116. The van der Waals surface area contributed by atoms with Crippen LogP contribution in [0.1, 0.15) is 45.4 Å². The first-order valence-electron chi connectivity index (χ1n) is 11.7. The predicted octanol–water partition coefficient (Wildman–Crippen LogP) is 4.25. The van der Waals surface area contributed by atoms with E-state index in [4.69, 9.17) is 23.9 Å². The van der Waals surface area contributed by atoms with E-state index in [1.165, 1.54) is 17.7 Å². The van der Waals surface area contributed by atoms with Crippen LogP contribution in [0.2, 0.25) is 0 Å². The lowest BCUT2D eigenvalue weighted by atomic mass is 9.95. The number of carbonyl (C=O) groups is 2. The summed E-state index contributed by atoms with van der Waals surface area (Å²) in [4.78, 5) is 34.0. The Labute approximate surface area is 209 Å². The topological polar surface area (TPSA) is 114 Å². The lowest BCUT2D eigenvalue weighted by Gasteiger charge is -2.26. The SMILES string of the molecule is COCc1cc(-c2cn(C(=O)OC(C)(C)C)c3cnc(NC(C)=O)cc23)nc([C@]2(OC)CCOC2)c1. The highest BCUT2D eigenvalue weighted by Crippen LogP contribution is 2.37. The number of aromatic nitrogens is 3. The number of nitrogens with one attached hydrogen (secondary N) is 1. The molecule has 1 fully saturated rings. The minimum atomic E-state index is -0.686. The van der Waals surface area contributed by atoms with Crippen molar-refractivity contribution in [2.24, 2.45) is 0 Å². The first-order chi connectivity index (χ1) is 17.0. The lowest BCUT2D eigenvalue weighted by molar-refractivity contribution is -0.114. The van der Waals surface area contributed by atoms with Crippen molar-refractivity contribution in [3.05, 3.63) is 41.9 Å². The van der Waals surface area contributed by atoms with Gasteiger partial charge in [0.1, 0.15) is 17.0 Å². The van der Waals surface area contributed by atoms with Gasteiger partial charge in [-0.2, -0.15) is 0 Å². The van der Waals surface area contributed by atoms with Crippen molar-refractivity contribution in [2.45, 2.75) is 51.9 Å². The van der Waals surface area contributed by atoms with Crippen LogP contribution in [-0.4, -0.2) is 59.6 Å². The number of rotatable bonds is 6. The monoisotopic (exact) mass is 496 g/mol. The van der Waals surface area contributed by atoms with Gasteiger partial charge in [-0.25, -0.2) is 14.8 Å². The van der Waals surface area contributed by atoms with Crippen LogP contribution < -0.4 is 5.32 Å². The Kier molecular flexibility index (Phi) is 7.12. The van der Waals surface area contributed by atoms with Crippen LogP contribution in [0.15, 0.2) is 30.6 Å². The summed E-state index contributed by atoms with van der Waals surface area (Å²) in [5.41, 5.74) is 2.08. The first-order valence-corrected chi connectivity index (χ1v) is 11.7. The largest absolute Gasteiger partial charge is 0.443 e. The zero-order valence-electron chi connectivity index (χ0n) is 21.5. The van der Waals surface area contributed by atoms with Crippen LogP contribution >= 0.6 is 0 Å². The van der Waals surface area contributed by atoms with Crippen LogP contribution in [0, 0.1) is 0 Å². The number of fused-ring (bicyclic) bond motifs is 1. The average Bonchev–Trinajstić information content (AvgIpc) is 3.43. The van der Waals surface area contributed by atoms with Gasteiger partial charge in [0.15, 0.2) is 0 Å². The molecule has 0 aromatic carbocycles. The molecule has 10 heteroatoms. The Bertz CT molecular complexity index is 1290. The minimum absolute atomic E-state index is 0.249. The molecule has 1 aliphatic rings. The number of nitrogens with zero attached hydrogens (tertiary/aromatic N) is 3. The number of pyridine rings is 2. The molecule has 3 aromatic rings. The van der Waals surface area contributed by atoms with E-state index in [1.54, 1.807) is 47.3 Å². The second kappa shape index (κ2) is 9.96. The molecule has 0 saturated carbocycles. The van der Waals surface area contributed by atoms with Gasteiger partial charge in [0.25, 0.3) is 0 Å². The highest BCUT2D eigenvalue weighted by Gasteiger charge is 2.39. The Balaban J connectivity index is 1.93. The van der Waals surface area contributed by atoms with Gasteiger partial charge >= 0.3 is 6.09 Å². The number of methoxy groups -OCH3 is 2. The van der Waals surface area contributed by atoms with Crippen molar-refractivity contribution in [3.63, 3.8) is 0 Å². The van der Waals surface area contributed by atoms with E-state index >= 15 is 0 Å². The molecule has 10 nitrogen and oxygen atoms in total. The highest BCUT2D eigenvalue weighted by atomic mass is 16.6. The van der Waals surface area contributed by atoms with E-state index in [0.717, 1.165) is 11.3 Å². The summed E-state index contributed by atoms with van der Waals surface area (Å²) in [7, 11) is 3.28. The molecule has 1 amide bonds. The van der Waals surface area contributed by atoms with E-state index in [0.29, 0.717) is 54.2 Å². The second-order valence-corrected chi connectivity index (χ2v) is 9.84. The van der Waals surface area contributed by atoms with Crippen molar-refractivity contribution >= 4 is 28.7 Å². The summed E-state index contributed by atoms with van der Waals surface area (Å²) in [6.45, 7) is 8.16. The van der Waals surface area contributed by atoms with E-state index in [2.05, 4.69) is 10.3 Å². The van der Waals surface area contributed by atoms with Crippen molar-refractivity contribution in [1.82, 2.24) is 14.5 Å². The maximum absolute atomic E-state index is 13.1. The van der Waals surface area contributed by atoms with Crippen molar-refractivity contribution < 1.29 is 28.5 Å². The van der Waals surface area contributed by atoms with Crippen molar-refractivity contribution in [1.29, 1.82) is 0 Å². The molecule has 0 radical (unpaired) electrons. The second-order valence-electron chi connectivity index (χ2n) is 9.84. The molecule has 0 aliphatic carbocycles. The molecule has 0 spiro atoms. The summed E-state index contributed by atoms with van der Waals surface area (Å²) in [6.07, 6.45) is 3.35. The van der Waals surface area contributed by atoms with Crippen LogP contribution in [0.3, 0.4) is 0 Å². The zero-order valence-corrected chi connectivity index (χ0v) is 21.5. The zero-order chi connectivity index (χ0) is 26.1. The number of hydrogen-bond donors (Lipinski definition) is 1. The maximum Gasteiger partial charge on any atom is 0.419 e. The third kappa shape index (κ3) is 5.25. The summed E-state index contributed by atoms with van der Waals surface area (Å²) >= 11 is 0. The summed E-state index contributed by atoms with van der Waals surface area (Å²) in [5, 5.41) is 3.39. The number of anilines is 1. The number of amides is 1. The van der Waals surface area contributed by atoms with Gasteiger partial charge < -0.3 is 24.3 Å². The van der Waals surface area contributed by atoms with Gasteiger partial charge in [-0.05, 0) is 44.5 Å². The fourth-order valence-electron chi connectivity index (χ4n) is 4.26. The fraction of sp³-hybridized carbons (Fsp3) is 0.462. The third-order valence-corrected chi connectivity index (χ3v) is 5.90. The van der Waals surface area contributed by atoms with Crippen molar-refractivity contribution in [2.75, 3.05) is 32.8 Å². The molecule has 0 bridgehead atoms. The molecule has 192 valence electrons. The Morgan fingerprint density at radius 3 is 2.61 bits per heavy atom. The fourth-order valence-corrected chi connectivity index (χ4v) is 4.26. The van der Waals surface area contributed by atoms with Gasteiger partial charge in [-0.3, -0.25) is 9.36 Å².